The maximum absolute atomic E-state index is 12.3. The van der Waals surface area contributed by atoms with Gasteiger partial charge in [0.2, 0.25) is 0 Å². The van der Waals surface area contributed by atoms with Gasteiger partial charge in [0, 0.05) is 30.8 Å². The molecule has 1 aromatic rings. The number of aliphatic hydroxyl groups is 1. The smallest absolute Gasteiger partial charge is 0.261 e. The minimum atomic E-state index is -3.67. The fraction of sp³-hybridized carbons (Fsp3) is 0.667. The van der Waals surface area contributed by atoms with Crippen LogP contribution in [0.1, 0.15) is 49.7 Å². The maximum Gasteiger partial charge on any atom is 0.261 e. The minimum absolute atomic E-state index is 0.108. The zero-order chi connectivity index (χ0) is 21.0. The number of carbonyl (C=O) groups is 1. The van der Waals surface area contributed by atoms with E-state index in [1.54, 1.807) is 6.07 Å². The first kappa shape index (κ1) is 20.8. The van der Waals surface area contributed by atoms with Gasteiger partial charge in [-0.3, -0.25) is 14.2 Å². The van der Waals surface area contributed by atoms with E-state index in [0.29, 0.717) is 25.5 Å². The largest absolute Gasteiger partial charge is 0.508 e. The van der Waals surface area contributed by atoms with E-state index in [0.717, 1.165) is 37.4 Å². The Balaban J connectivity index is 0.000000369. The van der Waals surface area contributed by atoms with E-state index in [4.69, 9.17) is 4.55 Å². The van der Waals surface area contributed by atoms with E-state index in [9.17, 15) is 23.4 Å². The monoisotopic (exact) mass is 423 g/mol. The van der Waals surface area contributed by atoms with E-state index in [1.807, 2.05) is 12.1 Å². The number of likely N-dealkylation sites (tertiary alicyclic amines) is 1. The number of phenols is 1. The number of piperidine rings is 1. The zero-order valence-electron chi connectivity index (χ0n) is 16.7. The van der Waals surface area contributed by atoms with E-state index in [2.05, 4.69) is 4.90 Å². The number of hydrogen-bond donors (Lipinski definition) is 3. The van der Waals surface area contributed by atoms with Crippen molar-refractivity contribution < 1.29 is 28.0 Å². The summed E-state index contributed by atoms with van der Waals surface area (Å²) in [6.45, 7) is 2.04. The van der Waals surface area contributed by atoms with Crippen LogP contribution >= 0.6 is 0 Å². The van der Waals surface area contributed by atoms with Crippen LogP contribution in [0, 0.1) is 5.92 Å². The highest BCUT2D eigenvalue weighted by molar-refractivity contribution is 7.85. The van der Waals surface area contributed by atoms with Crippen molar-refractivity contribution in [1.29, 1.82) is 0 Å². The van der Waals surface area contributed by atoms with Gasteiger partial charge >= 0.3 is 0 Å². The molecule has 3 N–H and O–H groups in total. The molecule has 0 unspecified atom stereocenters. The SMILES string of the molecule is CS(=O)(=O)O.O=C1CC[C@@]2(O)[C@@H]3Cc4ccc(O)cc4[C@]2(CCN3CC2CC2)C1. The van der Waals surface area contributed by atoms with Gasteiger partial charge in [-0.2, -0.15) is 8.42 Å². The third-order valence-electron chi connectivity index (χ3n) is 7.14. The summed E-state index contributed by atoms with van der Waals surface area (Å²) < 4.78 is 25.9. The minimum Gasteiger partial charge on any atom is -0.508 e. The molecule has 29 heavy (non-hydrogen) atoms. The van der Waals surface area contributed by atoms with E-state index in [1.165, 1.54) is 18.4 Å². The van der Waals surface area contributed by atoms with Gasteiger partial charge in [0.25, 0.3) is 10.1 Å². The fourth-order valence-electron chi connectivity index (χ4n) is 5.74. The number of rotatable bonds is 2. The van der Waals surface area contributed by atoms with Crippen molar-refractivity contribution in [3.05, 3.63) is 29.3 Å². The van der Waals surface area contributed by atoms with Gasteiger partial charge in [0.15, 0.2) is 0 Å². The molecule has 3 fully saturated rings. The van der Waals surface area contributed by atoms with Gasteiger partial charge in [0.05, 0.1) is 11.9 Å². The summed E-state index contributed by atoms with van der Waals surface area (Å²) in [6.07, 6.45) is 6.46. The average molecular weight is 424 g/mol. The summed E-state index contributed by atoms with van der Waals surface area (Å²) in [7, 11) is -3.67. The Kier molecular flexibility index (Phi) is 5.05. The Morgan fingerprint density at radius 1 is 1.24 bits per heavy atom. The Bertz CT molecular complexity index is 919. The van der Waals surface area contributed by atoms with Gasteiger partial charge in [-0.25, -0.2) is 0 Å². The number of aromatic hydroxyl groups is 1. The number of benzene rings is 1. The van der Waals surface area contributed by atoms with Crippen molar-refractivity contribution in [1.82, 2.24) is 4.90 Å². The van der Waals surface area contributed by atoms with Crippen LogP contribution in [0.4, 0.5) is 0 Å². The molecule has 3 aliphatic carbocycles. The van der Waals surface area contributed by atoms with Crippen molar-refractivity contribution in [2.24, 2.45) is 5.92 Å². The molecule has 0 radical (unpaired) electrons. The van der Waals surface area contributed by atoms with Crippen LogP contribution in [-0.2, 0) is 26.7 Å². The predicted molar refractivity (Wildman–Crippen MR) is 107 cm³/mol. The lowest BCUT2D eigenvalue weighted by Crippen LogP contribution is -2.73. The molecule has 1 aromatic carbocycles. The van der Waals surface area contributed by atoms with E-state index < -0.39 is 21.1 Å². The molecule has 1 aliphatic heterocycles. The molecular formula is C21H29NO6S. The maximum atomic E-state index is 12.3. The van der Waals surface area contributed by atoms with Crippen LogP contribution in [0.5, 0.6) is 5.75 Å². The number of nitrogens with zero attached hydrogens (tertiary/aromatic N) is 1. The lowest BCUT2D eigenvalue weighted by Gasteiger charge is -2.63. The highest BCUT2D eigenvalue weighted by Crippen LogP contribution is 2.58. The molecule has 160 valence electrons. The standard InChI is InChI=1S/C20H25NO3.CH4O3S/c22-15-4-3-14-9-18-20(24)6-5-16(23)11-19(20,17(14)10-15)7-8-21(18)12-13-1-2-13;1-5(2,3)4/h3-4,10,13,18,22,24H,1-2,5-9,11-12H2;1H3,(H,2,3,4)/t18-,19-,20+;/m0./s1. The highest BCUT2D eigenvalue weighted by Gasteiger charge is 2.64. The highest BCUT2D eigenvalue weighted by atomic mass is 32.2. The molecule has 1 heterocycles. The Morgan fingerprint density at radius 3 is 2.59 bits per heavy atom. The van der Waals surface area contributed by atoms with Gasteiger partial charge < -0.3 is 10.2 Å². The van der Waals surface area contributed by atoms with Crippen molar-refractivity contribution in [3.63, 3.8) is 0 Å². The molecule has 0 spiro atoms. The molecule has 0 aromatic heterocycles. The molecule has 1 saturated heterocycles. The Labute approximate surface area is 171 Å². The lowest BCUT2D eigenvalue weighted by atomic mass is 9.49. The predicted octanol–water partition coefficient (Wildman–Crippen LogP) is 1.66. The first-order chi connectivity index (χ1) is 13.5. The van der Waals surface area contributed by atoms with Crippen LogP contribution < -0.4 is 0 Å². The molecule has 2 bridgehead atoms. The average Bonchev–Trinajstić information content (AvgIpc) is 3.41. The summed E-state index contributed by atoms with van der Waals surface area (Å²) in [5, 5.41) is 21.9. The van der Waals surface area contributed by atoms with Gasteiger partial charge in [-0.1, -0.05) is 6.07 Å². The molecule has 8 heteroatoms. The number of carbonyl (C=O) groups excluding carboxylic acids is 1. The van der Waals surface area contributed by atoms with E-state index in [-0.39, 0.29) is 17.6 Å². The number of fused-ring (bicyclic) bond motifs is 1. The van der Waals surface area contributed by atoms with Gasteiger partial charge in [-0.15, -0.1) is 0 Å². The van der Waals surface area contributed by atoms with Crippen LogP contribution in [-0.4, -0.2) is 64.9 Å². The van der Waals surface area contributed by atoms with Crippen LogP contribution in [0.25, 0.3) is 0 Å². The Hall–Kier alpha value is -1.48. The molecule has 5 rings (SSSR count). The quantitative estimate of drug-likeness (QED) is 0.620. The number of phenolic OH excluding ortho intramolecular Hbond substituents is 1. The third-order valence-corrected chi connectivity index (χ3v) is 7.14. The first-order valence-electron chi connectivity index (χ1n) is 10.2. The van der Waals surface area contributed by atoms with Crippen molar-refractivity contribution in [3.8, 4) is 5.75 Å². The van der Waals surface area contributed by atoms with Crippen LogP contribution in [0.3, 0.4) is 0 Å². The number of ketones is 1. The molecular weight excluding hydrogens is 394 g/mol. The second kappa shape index (κ2) is 7.04. The molecule has 0 amide bonds. The molecule has 7 nitrogen and oxygen atoms in total. The van der Waals surface area contributed by atoms with Crippen molar-refractivity contribution in [2.75, 3.05) is 19.3 Å². The molecule has 3 atom stereocenters. The summed E-state index contributed by atoms with van der Waals surface area (Å²) in [5.74, 6) is 1.29. The van der Waals surface area contributed by atoms with Crippen molar-refractivity contribution >= 4 is 15.9 Å². The summed E-state index contributed by atoms with van der Waals surface area (Å²) in [6, 6.07) is 5.66. The Morgan fingerprint density at radius 2 is 1.93 bits per heavy atom. The summed E-state index contributed by atoms with van der Waals surface area (Å²) in [4.78, 5) is 14.8. The van der Waals surface area contributed by atoms with Crippen molar-refractivity contribution in [2.45, 2.75) is 62.0 Å². The molecule has 4 aliphatic rings. The summed E-state index contributed by atoms with van der Waals surface area (Å²) >= 11 is 0. The zero-order valence-corrected chi connectivity index (χ0v) is 17.5. The number of hydrogen-bond acceptors (Lipinski definition) is 6. The lowest BCUT2D eigenvalue weighted by molar-refractivity contribution is -0.173. The topological polar surface area (TPSA) is 115 Å². The third kappa shape index (κ3) is 3.83. The van der Waals surface area contributed by atoms with Gasteiger partial charge in [0.1, 0.15) is 11.5 Å². The first-order valence-corrected chi connectivity index (χ1v) is 12.1. The van der Waals surface area contributed by atoms with Gasteiger partial charge in [-0.05, 0) is 67.8 Å². The second-order valence-electron chi connectivity index (χ2n) is 9.20. The summed E-state index contributed by atoms with van der Waals surface area (Å²) in [5.41, 5.74) is 0.895. The fourth-order valence-corrected chi connectivity index (χ4v) is 5.74. The van der Waals surface area contributed by atoms with Crippen LogP contribution in [0.15, 0.2) is 18.2 Å². The molecule has 2 saturated carbocycles. The van der Waals surface area contributed by atoms with Crippen LogP contribution in [0.2, 0.25) is 0 Å². The second-order valence-corrected chi connectivity index (χ2v) is 10.7. The van der Waals surface area contributed by atoms with E-state index >= 15 is 0 Å². The number of Topliss-reactive ketones (excluding diaryl/α,β-unsaturated/α-hetero) is 1. The normalized spacial score (nSPS) is 33.9.